The molecule has 0 bridgehead atoms. The zero-order chi connectivity index (χ0) is 9.56. The molecule has 5 heteroatoms. The van der Waals surface area contributed by atoms with Gasteiger partial charge in [-0.15, -0.1) is 0 Å². The van der Waals surface area contributed by atoms with Crippen molar-refractivity contribution >= 4 is 28.6 Å². The van der Waals surface area contributed by atoms with Gasteiger partial charge in [-0.05, 0) is 6.92 Å². The van der Waals surface area contributed by atoms with Crippen LogP contribution >= 0.6 is 22.6 Å². The minimum absolute atomic E-state index is 0.128. The molecule has 0 amide bonds. The molecule has 0 aliphatic rings. The number of carbonyl (C=O) groups excluding carboxylic acids is 1. The highest BCUT2D eigenvalue weighted by molar-refractivity contribution is 14.1. The number of nitrogens with zero attached hydrogens (tertiary/aromatic N) is 1. The Hall–Kier alpha value is 0.120. The molecular weight excluding hydrogens is 273 g/mol. The topological polar surface area (TPSA) is 49.8 Å². The van der Waals surface area contributed by atoms with Gasteiger partial charge >= 0.3 is 5.97 Å². The van der Waals surface area contributed by atoms with Gasteiger partial charge in [-0.3, -0.25) is 4.79 Å². The van der Waals surface area contributed by atoms with Crippen LogP contribution in [-0.2, 0) is 9.53 Å². The first kappa shape index (κ1) is 12.1. The van der Waals surface area contributed by atoms with Crippen LogP contribution in [0.2, 0.25) is 0 Å². The molecule has 4 nitrogen and oxygen atoms in total. The van der Waals surface area contributed by atoms with Gasteiger partial charge in [-0.25, -0.2) is 0 Å². The molecule has 0 aromatic carbocycles. The summed E-state index contributed by atoms with van der Waals surface area (Å²) in [7, 11) is 0. The molecule has 12 heavy (non-hydrogen) atoms. The third-order valence-corrected chi connectivity index (χ3v) is 1.79. The Balaban J connectivity index is 3.37. The standard InChI is InChI=1S/C7H14INO3/c1-3-9(11)4-5-12-7(10)6(2)8/h6,11H,3-5H2,1-2H3. The van der Waals surface area contributed by atoms with Crippen molar-refractivity contribution in [1.29, 1.82) is 0 Å². The summed E-state index contributed by atoms with van der Waals surface area (Å²) in [6.45, 7) is 4.74. The smallest absolute Gasteiger partial charge is 0.318 e. The second kappa shape index (κ2) is 6.62. The lowest BCUT2D eigenvalue weighted by Gasteiger charge is -2.12. The molecular formula is C7H14INO3. The lowest BCUT2D eigenvalue weighted by molar-refractivity contribution is -0.147. The maximum Gasteiger partial charge on any atom is 0.318 e. The van der Waals surface area contributed by atoms with Crippen LogP contribution in [-0.4, -0.2) is 39.9 Å². The molecule has 0 saturated heterocycles. The third kappa shape index (κ3) is 5.73. The highest BCUT2D eigenvalue weighted by Gasteiger charge is 2.09. The highest BCUT2D eigenvalue weighted by atomic mass is 127. The summed E-state index contributed by atoms with van der Waals surface area (Å²) in [6, 6.07) is 0. The predicted octanol–water partition coefficient (Wildman–Crippen LogP) is 1.06. The monoisotopic (exact) mass is 287 g/mol. The van der Waals surface area contributed by atoms with Crippen LogP contribution in [0.25, 0.3) is 0 Å². The second-order valence-corrected chi connectivity index (χ2v) is 4.20. The number of hydrogen-bond donors (Lipinski definition) is 1. The first-order valence-corrected chi connectivity index (χ1v) is 5.07. The molecule has 0 heterocycles. The minimum Gasteiger partial charge on any atom is -0.463 e. The molecule has 0 aromatic rings. The molecule has 0 fully saturated rings. The van der Waals surface area contributed by atoms with Gasteiger partial charge in [0.05, 0.1) is 6.54 Å². The summed E-state index contributed by atoms with van der Waals surface area (Å²) in [5, 5.41) is 10.1. The summed E-state index contributed by atoms with van der Waals surface area (Å²) in [5.41, 5.74) is 0. The Morgan fingerprint density at radius 1 is 1.75 bits per heavy atom. The number of rotatable bonds is 5. The number of halogens is 1. The lowest BCUT2D eigenvalue weighted by Crippen LogP contribution is -2.26. The quantitative estimate of drug-likeness (QED) is 0.355. The number of hydroxylamine groups is 2. The van der Waals surface area contributed by atoms with Gasteiger partial charge in [-0.1, -0.05) is 29.5 Å². The van der Waals surface area contributed by atoms with Gasteiger partial charge in [0.15, 0.2) is 0 Å². The zero-order valence-corrected chi connectivity index (χ0v) is 9.45. The first-order valence-electron chi connectivity index (χ1n) is 3.82. The summed E-state index contributed by atoms with van der Waals surface area (Å²) in [4.78, 5) is 10.9. The first-order chi connectivity index (χ1) is 5.57. The van der Waals surface area contributed by atoms with Crippen LogP contribution in [0.5, 0.6) is 0 Å². The number of likely N-dealkylation sites (N-methyl/N-ethyl adjacent to an activating group) is 1. The van der Waals surface area contributed by atoms with Crippen molar-refractivity contribution in [2.75, 3.05) is 19.7 Å². The average Bonchev–Trinajstić information content (AvgIpc) is 2.03. The van der Waals surface area contributed by atoms with Crippen molar-refractivity contribution in [1.82, 2.24) is 5.06 Å². The van der Waals surface area contributed by atoms with E-state index in [0.29, 0.717) is 13.1 Å². The van der Waals surface area contributed by atoms with Crippen LogP contribution in [0.15, 0.2) is 0 Å². The Labute approximate surface area is 86.0 Å². The number of ether oxygens (including phenoxy) is 1. The molecule has 1 N–H and O–H groups in total. The van der Waals surface area contributed by atoms with E-state index in [4.69, 9.17) is 9.94 Å². The largest absolute Gasteiger partial charge is 0.463 e. The van der Waals surface area contributed by atoms with Crippen LogP contribution < -0.4 is 0 Å². The van der Waals surface area contributed by atoms with E-state index in [2.05, 4.69) is 0 Å². The number of carbonyl (C=O) groups is 1. The molecule has 0 aliphatic carbocycles. The fraction of sp³-hybridized carbons (Fsp3) is 0.857. The maximum atomic E-state index is 10.9. The van der Waals surface area contributed by atoms with E-state index in [1.54, 1.807) is 6.92 Å². The van der Waals surface area contributed by atoms with Crippen LogP contribution in [0.4, 0.5) is 0 Å². The van der Waals surface area contributed by atoms with E-state index in [-0.39, 0.29) is 16.5 Å². The number of hydrogen-bond acceptors (Lipinski definition) is 4. The summed E-state index contributed by atoms with van der Waals surface area (Å²) < 4.78 is 4.70. The van der Waals surface area contributed by atoms with Crippen molar-refractivity contribution in [3.8, 4) is 0 Å². The van der Waals surface area contributed by atoms with Crippen molar-refractivity contribution in [2.24, 2.45) is 0 Å². The van der Waals surface area contributed by atoms with E-state index < -0.39 is 0 Å². The number of esters is 1. The maximum absolute atomic E-state index is 10.9. The van der Waals surface area contributed by atoms with Crippen LogP contribution in [0, 0.1) is 0 Å². The molecule has 0 aliphatic heterocycles. The highest BCUT2D eigenvalue weighted by Crippen LogP contribution is 2.00. The summed E-state index contributed by atoms with van der Waals surface area (Å²) in [5.74, 6) is -0.236. The second-order valence-electron chi connectivity index (χ2n) is 2.33. The van der Waals surface area contributed by atoms with Gasteiger partial charge < -0.3 is 9.94 Å². The van der Waals surface area contributed by atoms with Crippen molar-refractivity contribution in [3.63, 3.8) is 0 Å². The van der Waals surface area contributed by atoms with Crippen molar-refractivity contribution in [2.45, 2.75) is 17.8 Å². The van der Waals surface area contributed by atoms with E-state index in [9.17, 15) is 4.79 Å². The predicted molar refractivity (Wildman–Crippen MR) is 53.5 cm³/mol. The summed E-state index contributed by atoms with van der Waals surface area (Å²) >= 11 is 1.98. The van der Waals surface area contributed by atoms with Crippen molar-refractivity contribution in [3.05, 3.63) is 0 Å². The minimum atomic E-state index is -0.236. The number of alkyl halides is 1. The van der Waals surface area contributed by atoms with Crippen molar-refractivity contribution < 1.29 is 14.7 Å². The molecule has 0 radical (unpaired) electrons. The van der Waals surface area contributed by atoms with E-state index >= 15 is 0 Å². The fourth-order valence-corrected chi connectivity index (χ4v) is 0.704. The Bertz CT molecular complexity index is 141. The molecule has 0 rings (SSSR count). The molecule has 0 spiro atoms. The summed E-state index contributed by atoms with van der Waals surface area (Å²) in [6.07, 6.45) is 0. The normalized spacial score (nSPS) is 13.1. The van der Waals surface area contributed by atoms with Gasteiger partial charge in [-0.2, -0.15) is 5.06 Å². The molecule has 0 saturated carbocycles. The van der Waals surface area contributed by atoms with Crippen LogP contribution in [0.1, 0.15) is 13.8 Å². The Morgan fingerprint density at radius 3 is 2.75 bits per heavy atom. The zero-order valence-electron chi connectivity index (χ0n) is 7.29. The molecule has 0 aromatic heterocycles. The Morgan fingerprint density at radius 2 is 2.33 bits per heavy atom. The average molecular weight is 287 g/mol. The van der Waals surface area contributed by atoms with E-state index in [0.717, 1.165) is 5.06 Å². The van der Waals surface area contributed by atoms with E-state index in [1.165, 1.54) is 0 Å². The SMILES string of the molecule is CCN(O)CCOC(=O)C(C)I. The van der Waals surface area contributed by atoms with Gasteiger partial charge in [0.25, 0.3) is 0 Å². The Kier molecular flexibility index (Phi) is 6.68. The molecule has 72 valence electrons. The van der Waals surface area contributed by atoms with E-state index in [1.807, 2.05) is 29.5 Å². The van der Waals surface area contributed by atoms with Gasteiger partial charge in [0.2, 0.25) is 0 Å². The fourth-order valence-electron chi connectivity index (χ4n) is 0.525. The molecule has 1 unspecified atom stereocenters. The van der Waals surface area contributed by atoms with Crippen LogP contribution in [0.3, 0.4) is 0 Å². The van der Waals surface area contributed by atoms with Gasteiger partial charge in [0.1, 0.15) is 10.5 Å². The van der Waals surface area contributed by atoms with Gasteiger partial charge in [0, 0.05) is 6.54 Å². The third-order valence-electron chi connectivity index (χ3n) is 1.28. The molecule has 1 atom stereocenters. The lowest BCUT2D eigenvalue weighted by atomic mass is 10.5.